The molecule has 5 heteroatoms. The average Bonchev–Trinajstić information content (AvgIpc) is 2.37. The summed E-state index contributed by atoms with van der Waals surface area (Å²) < 4.78 is 5.47. The van der Waals surface area contributed by atoms with Crippen LogP contribution in [0.25, 0.3) is 0 Å². The van der Waals surface area contributed by atoms with E-state index >= 15 is 0 Å². The number of carbonyl (C=O) groups excluding carboxylic acids is 1. The second-order valence-corrected chi connectivity index (χ2v) is 5.81. The van der Waals surface area contributed by atoms with E-state index in [1.807, 2.05) is 27.7 Å². The third-order valence-electron chi connectivity index (χ3n) is 3.97. The number of amides is 1. The number of hydrogen-bond donors (Lipinski definition) is 1. The summed E-state index contributed by atoms with van der Waals surface area (Å²) in [5, 5.41) is 12.1. The molecular formula is C14H25N3O2. The average molecular weight is 267 g/mol. The third-order valence-corrected chi connectivity index (χ3v) is 3.97. The van der Waals surface area contributed by atoms with E-state index in [4.69, 9.17) is 4.74 Å². The van der Waals surface area contributed by atoms with E-state index in [0.717, 1.165) is 13.1 Å². The summed E-state index contributed by atoms with van der Waals surface area (Å²) in [5.74, 6) is -0.0240. The zero-order valence-corrected chi connectivity index (χ0v) is 12.6. The standard InChI is InChI=1S/C14H25N3O2/c1-10(2)14(5,9-15)16-13(18)12(4)17-6-7-19-11(3)8-17/h10-12H,6-8H2,1-5H3,(H,16,18)/t11-,12+,14+/m1/s1. The van der Waals surface area contributed by atoms with Gasteiger partial charge >= 0.3 is 0 Å². The van der Waals surface area contributed by atoms with Crippen LogP contribution in [0.2, 0.25) is 0 Å². The van der Waals surface area contributed by atoms with Gasteiger partial charge in [-0.3, -0.25) is 9.69 Å². The zero-order chi connectivity index (χ0) is 14.6. The van der Waals surface area contributed by atoms with Crippen LogP contribution in [0.4, 0.5) is 0 Å². The largest absolute Gasteiger partial charge is 0.376 e. The van der Waals surface area contributed by atoms with Gasteiger partial charge in [0.05, 0.1) is 24.8 Å². The fourth-order valence-electron chi connectivity index (χ4n) is 2.02. The predicted octanol–water partition coefficient (Wildman–Crippen LogP) is 1.15. The number of nitriles is 1. The summed E-state index contributed by atoms with van der Waals surface area (Å²) in [4.78, 5) is 14.4. The van der Waals surface area contributed by atoms with Gasteiger partial charge in [-0.1, -0.05) is 13.8 Å². The molecular weight excluding hydrogens is 242 g/mol. The van der Waals surface area contributed by atoms with Crippen LogP contribution in [0.1, 0.15) is 34.6 Å². The molecule has 0 aromatic carbocycles. The Morgan fingerprint density at radius 3 is 2.63 bits per heavy atom. The highest BCUT2D eigenvalue weighted by Gasteiger charge is 2.34. The minimum Gasteiger partial charge on any atom is -0.376 e. The van der Waals surface area contributed by atoms with Crippen LogP contribution in [-0.4, -0.2) is 48.2 Å². The summed E-state index contributed by atoms with van der Waals surface area (Å²) in [6, 6.07) is 1.96. The highest BCUT2D eigenvalue weighted by Crippen LogP contribution is 2.16. The van der Waals surface area contributed by atoms with E-state index < -0.39 is 5.54 Å². The second-order valence-electron chi connectivity index (χ2n) is 5.81. The molecule has 1 rings (SSSR count). The highest BCUT2D eigenvalue weighted by atomic mass is 16.5. The lowest BCUT2D eigenvalue weighted by atomic mass is 9.89. The quantitative estimate of drug-likeness (QED) is 0.830. The van der Waals surface area contributed by atoms with Gasteiger partial charge in [-0.2, -0.15) is 5.26 Å². The van der Waals surface area contributed by atoms with Gasteiger partial charge in [-0.25, -0.2) is 0 Å². The first-order valence-electron chi connectivity index (χ1n) is 6.89. The van der Waals surface area contributed by atoms with Crippen molar-refractivity contribution >= 4 is 5.91 Å². The fraction of sp³-hybridized carbons (Fsp3) is 0.857. The maximum atomic E-state index is 12.3. The van der Waals surface area contributed by atoms with Crippen molar-refractivity contribution < 1.29 is 9.53 Å². The molecule has 1 aliphatic heterocycles. The number of nitrogens with one attached hydrogen (secondary N) is 1. The molecule has 19 heavy (non-hydrogen) atoms. The lowest BCUT2D eigenvalue weighted by Crippen LogP contribution is -2.57. The van der Waals surface area contributed by atoms with Gasteiger partial charge in [0.1, 0.15) is 5.54 Å². The van der Waals surface area contributed by atoms with E-state index in [2.05, 4.69) is 16.3 Å². The minimum atomic E-state index is -0.816. The molecule has 1 aliphatic rings. The first kappa shape index (κ1) is 15.9. The van der Waals surface area contributed by atoms with Crippen molar-refractivity contribution in [2.24, 2.45) is 5.92 Å². The monoisotopic (exact) mass is 267 g/mol. The topological polar surface area (TPSA) is 65.4 Å². The van der Waals surface area contributed by atoms with Gasteiger partial charge in [-0.05, 0) is 26.7 Å². The number of hydrogen-bond acceptors (Lipinski definition) is 4. The van der Waals surface area contributed by atoms with Crippen molar-refractivity contribution in [2.75, 3.05) is 19.7 Å². The Balaban J connectivity index is 2.65. The maximum absolute atomic E-state index is 12.3. The van der Waals surface area contributed by atoms with E-state index in [1.165, 1.54) is 0 Å². The molecule has 1 fully saturated rings. The second kappa shape index (κ2) is 6.36. The van der Waals surface area contributed by atoms with Crippen molar-refractivity contribution in [3.63, 3.8) is 0 Å². The summed E-state index contributed by atoms with van der Waals surface area (Å²) in [6.07, 6.45) is 0.149. The van der Waals surface area contributed by atoms with Crippen molar-refractivity contribution in [2.45, 2.75) is 52.3 Å². The Bertz CT molecular complexity index is 364. The highest BCUT2D eigenvalue weighted by molar-refractivity contribution is 5.82. The molecule has 1 N–H and O–H groups in total. The summed E-state index contributed by atoms with van der Waals surface area (Å²) in [7, 11) is 0. The van der Waals surface area contributed by atoms with E-state index in [9.17, 15) is 10.1 Å². The minimum absolute atomic E-state index is 0.0669. The van der Waals surface area contributed by atoms with Crippen LogP contribution in [0.5, 0.6) is 0 Å². The van der Waals surface area contributed by atoms with Gasteiger partial charge in [0.2, 0.25) is 5.91 Å². The van der Waals surface area contributed by atoms with Gasteiger partial charge in [0.15, 0.2) is 0 Å². The smallest absolute Gasteiger partial charge is 0.238 e. The van der Waals surface area contributed by atoms with Crippen LogP contribution in [0.15, 0.2) is 0 Å². The van der Waals surface area contributed by atoms with Gasteiger partial charge in [0.25, 0.3) is 0 Å². The molecule has 0 bridgehead atoms. The molecule has 0 aliphatic carbocycles. The number of carbonyl (C=O) groups is 1. The molecule has 0 aromatic heterocycles. The molecule has 3 atom stereocenters. The zero-order valence-electron chi connectivity index (χ0n) is 12.6. The molecule has 0 unspecified atom stereocenters. The van der Waals surface area contributed by atoms with Crippen molar-refractivity contribution in [3.05, 3.63) is 0 Å². The summed E-state index contributed by atoms with van der Waals surface area (Å²) in [6.45, 7) is 11.7. The molecule has 0 saturated carbocycles. The lowest BCUT2D eigenvalue weighted by molar-refractivity contribution is -0.130. The molecule has 0 aromatic rings. The first-order valence-corrected chi connectivity index (χ1v) is 6.89. The van der Waals surface area contributed by atoms with Crippen molar-refractivity contribution in [1.82, 2.24) is 10.2 Å². The fourth-order valence-corrected chi connectivity index (χ4v) is 2.02. The van der Waals surface area contributed by atoms with Crippen LogP contribution in [-0.2, 0) is 9.53 Å². The predicted molar refractivity (Wildman–Crippen MR) is 73.4 cm³/mol. The maximum Gasteiger partial charge on any atom is 0.238 e. The number of nitrogens with zero attached hydrogens (tertiary/aromatic N) is 2. The SMILES string of the molecule is CC(C)[C@](C)(C#N)NC(=O)[C@H](C)N1CCO[C@H](C)C1. The normalized spacial score (nSPS) is 25.4. The third kappa shape index (κ3) is 3.92. The van der Waals surface area contributed by atoms with Crippen LogP contribution in [0, 0.1) is 17.2 Å². The Hall–Kier alpha value is -1.12. The lowest BCUT2D eigenvalue weighted by Gasteiger charge is -2.36. The Labute approximate surface area is 115 Å². The Morgan fingerprint density at radius 2 is 2.16 bits per heavy atom. The molecule has 0 radical (unpaired) electrons. The van der Waals surface area contributed by atoms with E-state index in [1.54, 1.807) is 6.92 Å². The van der Waals surface area contributed by atoms with Crippen molar-refractivity contribution in [3.8, 4) is 6.07 Å². The summed E-state index contributed by atoms with van der Waals surface area (Å²) in [5.41, 5.74) is -0.816. The van der Waals surface area contributed by atoms with Crippen LogP contribution >= 0.6 is 0 Å². The molecule has 1 amide bonds. The van der Waals surface area contributed by atoms with Gasteiger partial charge in [0, 0.05) is 13.1 Å². The number of rotatable bonds is 4. The molecule has 1 heterocycles. The van der Waals surface area contributed by atoms with Crippen molar-refractivity contribution in [1.29, 1.82) is 5.26 Å². The first-order chi connectivity index (χ1) is 8.80. The van der Waals surface area contributed by atoms with E-state index in [-0.39, 0.29) is 24.0 Å². The molecule has 108 valence electrons. The Kier molecular flexibility index (Phi) is 5.33. The Morgan fingerprint density at radius 1 is 1.53 bits per heavy atom. The molecule has 5 nitrogen and oxygen atoms in total. The number of ether oxygens (including phenoxy) is 1. The van der Waals surface area contributed by atoms with Crippen LogP contribution in [0.3, 0.4) is 0 Å². The number of morpholine rings is 1. The van der Waals surface area contributed by atoms with Gasteiger partial charge in [-0.15, -0.1) is 0 Å². The molecule has 1 saturated heterocycles. The van der Waals surface area contributed by atoms with Crippen LogP contribution < -0.4 is 5.32 Å². The van der Waals surface area contributed by atoms with E-state index in [0.29, 0.717) is 6.61 Å². The summed E-state index contributed by atoms with van der Waals surface area (Å²) >= 11 is 0. The molecule has 0 spiro atoms. The van der Waals surface area contributed by atoms with Gasteiger partial charge < -0.3 is 10.1 Å².